The summed E-state index contributed by atoms with van der Waals surface area (Å²) in [5, 5.41) is 0. The maximum Gasteiger partial charge on any atom is 0.269 e. The second kappa shape index (κ2) is 2.74. The average Bonchev–Trinajstić information content (AvgIpc) is 1.94. The maximum absolute atomic E-state index is 10.7. The molecule has 0 unspecified atom stereocenters. The van der Waals surface area contributed by atoms with Crippen LogP contribution in [-0.2, 0) is 0 Å². The van der Waals surface area contributed by atoms with Crippen molar-refractivity contribution in [1.29, 1.82) is 0 Å². The molecule has 0 saturated heterocycles. The van der Waals surface area contributed by atoms with Crippen LogP contribution in [0.2, 0.25) is 0 Å². The van der Waals surface area contributed by atoms with Gasteiger partial charge in [0, 0.05) is 5.56 Å². The molecule has 0 aliphatic heterocycles. The van der Waals surface area contributed by atoms with Gasteiger partial charge in [0.05, 0.1) is 0 Å². The van der Waals surface area contributed by atoms with E-state index in [1.807, 2.05) is 26.0 Å². The van der Waals surface area contributed by atoms with Crippen molar-refractivity contribution in [1.82, 2.24) is 5.73 Å². The molecule has 1 aromatic carbocycles. The Labute approximate surface area is 66.0 Å². The molecule has 0 saturated carbocycles. The molecule has 0 atom stereocenters. The monoisotopic (exact) mass is 148 g/mol. The van der Waals surface area contributed by atoms with Crippen molar-refractivity contribution in [3.05, 3.63) is 34.9 Å². The molecule has 0 aliphatic rings. The van der Waals surface area contributed by atoms with Gasteiger partial charge in [-0.05, 0) is 25.5 Å². The third-order valence-corrected chi connectivity index (χ3v) is 1.64. The van der Waals surface area contributed by atoms with E-state index < -0.39 is 5.91 Å². The highest BCUT2D eigenvalue weighted by Crippen LogP contribution is 2.09. The quantitative estimate of drug-likeness (QED) is 0.597. The van der Waals surface area contributed by atoms with Gasteiger partial charge in [0.25, 0.3) is 5.91 Å². The summed E-state index contributed by atoms with van der Waals surface area (Å²) >= 11 is 0. The zero-order valence-corrected chi connectivity index (χ0v) is 6.64. The minimum absolute atomic E-state index is 0.505. The average molecular weight is 148 g/mol. The van der Waals surface area contributed by atoms with Crippen molar-refractivity contribution >= 4 is 5.91 Å². The Kier molecular flexibility index (Phi) is 1.94. The standard InChI is InChI=1S/C9H10NO/c1-6-3-4-7(2)8(5-6)9(10)11/h3-5,10H,1-2H3. The van der Waals surface area contributed by atoms with Crippen molar-refractivity contribution < 1.29 is 4.79 Å². The van der Waals surface area contributed by atoms with Gasteiger partial charge in [0.15, 0.2) is 0 Å². The third kappa shape index (κ3) is 1.58. The summed E-state index contributed by atoms with van der Waals surface area (Å²) in [7, 11) is 0. The van der Waals surface area contributed by atoms with E-state index >= 15 is 0 Å². The Morgan fingerprint density at radius 3 is 2.45 bits per heavy atom. The second-order valence-electron chi connectivity index (χ2n) is 2.65. The first-order valence-electron chi connectivity index (χ1n) is 3.44. The fraction of sp³-hybridized carbons (Fsp3) is 0.222. The zero-order chi connectivity index (χ0) is 8.43. The molecular weight excluding hydrogens is 138 g/mol. The van der Waals surface area contributed by atoms with E-state index in [2.05, 4.69) is 0 Å². The number of rotatable bonds is 1. The highest BCUT2D eigenvalue weighted by Gasteiger charge is 2.03. The van der Waals surface area contributed by atoms with Crippen molar-refractivity contribution in [3.8, 4) is 0 Å². The molecule has 1 radical (unpaired) electrons. The Bertz CT molecular complexity index is 292. The van der Waals surface area contributed by atoms with Crippen LogP contribution in [0, 0.1) is 13.8 Å². The second-order valence-corrected chi connectivity index (χ2v) is 2.65. The molecular formula is C9H10NO. The van der Waals surface area contributed by atoms with Crippen molar-refractivity contribution in [2.45, 2.75) is 13.8 Å². The van der Waals surface area contributed by atoms with E-state index in [9.17, 15) is 4.79 Å². The number of aryl methyl sites for hydroxylation is 2. The van der Waals surface area contributed by atoms with E-state index in [0.29, 0.717) is 5.56 Å². The van der Waals surface area contributed by atoms with Crippen LogP contribution in [0.25, 0.3) is 0 Å². The first-order chi connectivity index (χ1) is 5.11. The van der Waals surface area contributed by atoms with Crippen LogP contribution in [0.15, 0.2) is 18.2 Å². The molecule has 1 aromatic rings. The third-order valence-electron chi connectivity index (χ3n) is 1.64. The van der Waals surface area contributed by atoms with Gasteiger partial charge >= 0.3 is 0 Å². The highest BCUT2D eigenvalue weighted by atomic mass is 16.1. The van der Waals surface area contributed by atoms with E-state index in [1.165, 1.54) is 0 Å². The molecule has 0 aliphatic carbocycles. The predicted octanol–water partition coefficient (Wildman–Crippen LogP) is 1.73. The number of hydrogen-bond donors (Lipinski definition) is 0. The van der Waals surface area contributed by atoms with Gasteiger partial charge in [0.1, 0.15) is 0 Å². The molecule has 1 amide bonds. The number of nitrogens with one attached hydrogen (secondary N) is 1. The molecule has 1 rings (SSSR count). The topological polar surface area (TPSA) is 40.9 Å². The van der Waals surface area contributed by atoms with Gasteiger partial charge < -0.3 is 0 Å². The fourth-order valence-electron chi connectivity index (χ4n) is 0.980. The molecule has 0 bridgehead atoms. The molecule has 0 spiro atoms. The molecule has 1 N–H and O–H groups in total. The Morgan fingerprint density at radius 1 is 1.36 bits per heavy atom. The molecule has 0 fully saturated rings. The Morgan fingerprint density at radius 2 is 2.00 bits per heavy atom. The van der Waals surface area contributed by atoms with Crippen LogP contribution in [0.5, 0.6) is 0 Å². The minimum Gasteiger partial charge on any atom is -0.267 e. The van der Waals surface area contributed by atoms with Crippen molar-refractivity contribution in [2.24, 2.45) is 0 Å². The lowest BCUT2D eigenvalue weighted by atomic mass is 10.1. The van der Waals surface area contributed by atoms with E-state index in [4.69, 9.17) is 5.73 Å². The first-order valence-corrected chi connectivity index (χ1v) is 3.44. The molecule has 2 nitrogen and oxygen atoms in total. The number of amides is 1. The smallest absolute Gasteiger partial charge is 0.267 e. The SMILES string of the molecule is Cc1ccc(C)c(C([NH])=O)c1. The van der Waals surface area contributed by atoms with Gasteiger partial charge in [-0.3, -0.25) is 10.5 Å². The molecule has 0 heterocycles. The van der Waals surface area contributed by atoms with Gasteiger partial charge in [-0.25, -0.2) is 0 Å². The van der Waals surface area contributed by atoms with Crippen LogP contribution >= 0.6 is 0 Å². The number of hydrogen-bond acceptors (Lipinski definition) is 1. The van der Waals surface area contributed by atoms with Crippen LogP contribution in [0.4, 0.5) is 0 Å². The Balaban J connectivity index is 3.23. The summed E-state index contributed by atoms with van der Waals surface area (Å²) < 4.78 is 0. The van der Waals surface area contributed by atoms with Gasteiger partial charge in [-0.2, -0.15) is 0 Å². The lowest BCUT2D eigenvalue weighted by Crippen LogP contribution is -2.01. The number of carbonyl (C=O) groups excluding carboxylic acids is 1. The lowest BCUT2D eigenvalue weighted by molar-refractivity contribution is 0.0991. The minimum atomic E-state index is -0.605. The van der Waals surface area contributed by atoms with Crippen LogP contribution < -0.4 is 5.73 Å². The summed E-state index contributed by atoms with van der Waals surface area (Å²) in [6.45, 7) is 3.74. The summed E-state index contributed by atoms with van der Waals surface area (Å²) in [6, 6.07) is 5.53. The van der Waals surface area contributed by atoms with E-state index in [1.54, 1.807) is 6.07 Å². The van der Waals surface area contributed by atoms with Crippen molar-refractivity contribution in [2.75, 3.05) is 0 Å². The summed E-state index contributed by atoms with van der Waals surface area (Å²) in [5.41, 5.74) is 9.31. The summed E-state index contributed by atoms with van der Waals surface area (Å²) in [4.78, 5) is 10.7. The lowest BCUT2D eigenvalue weighted by Gasteiger charge is -2.00. The molecule has 11 heavy (non-hydrogen) atoms. The number of carbonyl (C=O) groups is 1. The van der Waals surface area contributed by atoms with Crippen molar-refractivity contribution in [3.63, 3.8) is 0 Å². The maximum atomic E-state index is 10.7. The number of benzene rings is 1. The van der Waals surface area contributed by atoms with Gasteiger partial charge in [0.2, 0.25) is 0 Å². The van der Waals surface area contributed by atoms with Crippen LogP contribution in [-0.4, -0.2) is 5.91 Å². The molecule has 2 heteroatoms. The summed E-state index contributed by atoms with van der Waals surface area (Å²) in [5.74, 6) is -0.605. The fourth-order valence-corrected chi connectivity index (χ4v) is 0.980. The van der Waals surface area contributed by atoms with Crippen LogP contribution in [0.1, 0.15) is 21.5 Å². The largest absolute Gasteiger partial charge is 0.269 e. The first kappa shape index (κ1) is 7.79. The molecule has 0 aromatic heterocycles. The van der Waals surface area contributed by atoms with Gasteiger partial charge in [-0.15, -0.1) is 0 Å². The van der Waals surface area contributed by atoms with Gasteiger partial charge in [-0.1, -0.05) is 17.7 Å². The normalized spacial score (nSPS) is 9.64. The van der Waals surface area contributed by atoms with E-state index in [-0.39, 0.29) is 0 Å². The Hall–Kier alpha value is -1.31. The zero-order valence-electron chi connectivity index (χ0n) is 6.64. The summed E-state index contributed by atoms with van der Waals surface area (Å²) in [6.07, 6.45) is 0. The van der Waals surface area contributed by atoms with E-state index in [0.717, 1.165) is 11.1 Å². The predicted molar refractivity (Wildman–Crippen MR) is 43.3 cm³/mol. The van der Waals surface area contributed by atoms with Crippen LogP contribution in [0.3, 0.4) is 0 Å². The highest BCUT2D eigenvalue weighted by molar-refractivity contribution is 5.93. The molecule has 57 valence electrons.